The summed E-state index contributed by atoms with van der Waals surface area (Å²) in [4.78, 5) is 3.93. The van der Waals surface area contributed by atoms with Gasteiger partial charge in [0, 0.05) is 31.1 Å². The topological polar surface area (TPSA) is 48.2 Å². The predicted octanol–water partition coefficient (Wildman–Crippen LogP) is 1.88. The molecule has 0 saturated carbocycles. The molecular formula is C10H10N2O2. The molecule has 0 unspecified atom stereocenters. The molecule has 0 fully saturated rings. The maximum Gasteiger partial charge on any atom is 0.162 e. The molecule has 0 spiro atoms. The van der Waals surface area contributed by atoms with Crippen molar-refractivity contribution >= 4 is 0 Å². The lowest BCUT2D eigenvalue weighted by molar-refractivity contribution is 0.156. The van der Waals surface area contributed by atoms with Crippen molar-refractivity contribution in [1.82, 2.24) is 10.1 Å². The van der Waals surface area contributed by atoms with Crippen molar-refractivity contribution in [2.45, 2.75) is 6.61 Å². The monoisotopic (exact) mass is 190 g/mol. The molecule has 2 rings (SSSR count). The third-order valence-electron chi connectivity index (χ3n) is 1.82. The Hall–Kier alpha value is -1.68. The Morgan fingerprint density at radius 1 is 1.36 bits per heavy atom. The standard InChI is InChI=1S/C10H10N2O2/c1-13-7-9-6-10(12-14-9)8-2-4-11-5-3-8/h2-6H,7H2,1H3. The van der Waals surface area contributed by atoms with Crippen LogP contribution in [0.5, 0.6) is 0 Å². The fourth-order valence-electron chi connectivity index (χ4n) is 1.18. The molecule has 2 aromatic heterocycles. The van der Waals surface area contributed by atoms with Gasteiger partial charge in [0.25, 0.3) is 0 Å². The molecule has 0 N–H and O–H groups in total. The van der Waals surface area contributed by atoms with E-state index in [1.807, 2.05) is 18.2 Å². The number of ether oxygens (including phenoxy) is 1. The molecule has 0 bridgehead atoms. The van der Waals surface area contributed by atoms with Gasteiger partial charge < -0.3 is 9.26 Å². The molecule has 0 atom stereocenters. The SMILES string of the molecule is COCc1cc(-c2ccncc2)no1. The third-order valence-corrected chi connectivity index (χ3v) is 1.82. The van der Waals surface area contributed by atoms with Crippen LogP contribution in [0.2, 0.25) is 0 Å². The largest absolute Gasteiger partial charge is 0.377 e. The number of hydrogen-bond donors (Lipinski definition) is 0. The van der Waals surface area contributed by atoms with Gasteiger partial charge in [0.15, 0.2) is 5.76 Å². The summed E-state index contributed by atoms with van der Waals surface area (Å²) in [6.45, 7) is 0.443. The molecular weight excluding hydrogens is 180 g/mol. The van der Waals surface area contributed by atoms with E-state index in [0.29, 0.717) is 6.61 Å². The highest BCUT2D eigenvalue weighted by molar-refractivity contribution is 5.57. The van der Waals surface area contributed by atoms with Gasteiger partial charge in [-0.3, -0.25) is 4.98 Å². The summed E-state index contributed by atoms with van der Waals surface area (Å²) >= 11 is 0. The summed E-state index contributed by atoms with van der Waals surface area (Å²) in [5.74, 6) is 0.722. The van der Waals surface area contributed by atoms with Gasteiger partial charge >= 0.3 is 0 Å². The van der Waals surface area contributed by atoms with Crippen LogP contribution in [-0.2, 0) is 11.3 Å². The Labute approximate surface area is 81.5 Å². The number of rotatable bonds is 3. The lowest BCUT2D eigenvalue weighted by Crippen LogP contribution is -1.81. The Kier molecular flexibility index (Phi) is 2.55. The van der Waals surface area contributed by atoms with Crippen LogP contribution in [0.25, 0.3) is 11.3 Å². The number of hydrogen-bond acceptors (Lipinski definition) is 4. The van der Waals surface area contributed by atoms with E-state index < -0.39 is 0 Å². The fourth-order valence-corrected chi connectivity index (χ4v) is 1.18. The van der Waals surface area contributed by atoms with E-state index in [-0.39, 0.29) is 0 Å². The summed E-state index contributed by atoms with van der Waals surface area (Å²) in [6, 6.07) is 5.63. The van der Waals surface area contributed by atoms with E-state index in [4.69, 9.17) is 9.26 Å². The van der Waals surface area contributed by atoms with E-state index >= 15 is 0 Å². The van der Waals surface area contributed by atoms with E-state index in [0.717, 1.165) is 17.0 Å². The minimum atomic E-state index is 0.443. The quantitative estimate of drug-likeness (QED) is 0.741. The van der Waals surface area contributed by atoms with Gasteiger partial charge in [-0.05, 0) is 12.1 Å². The van der Waals surface area contributed by atoms with Crippen LogP contribution in [0.3, 0.4) is 0 Å². The molecule has 0 aliphatic carbocycles. The zero-order valence-corrected chi connectivity index (χ0v) is 7.80. The van der Waals surface area contributed by atoms with Crippen molar-refractivity contribution < 1.29 is 9.26 Å². The van der Waals surface area contributed by atoms with Crippen molar-refractivity contribution in [2.24, 2.45) is 0 Å². The summed E-state index contributed by atoms with van der Waals surface area (Å²) in [7, 11) is 1.62. The molecule has 2 heterocycles. The van der Waals surface area contributed by atoms with Crippen molar-refractivity contribution in [3.63, 3.8) is 0 Å². The molecule has 14 heavy (non-hydrogen) atoms. The van der Waals surface area contributed by atoms with Crippen molar-refractivity contribution in [1.29, 1.82) is 0 Å². The average molecular weight is 190 g/mol. The average Bonchev–Trinajstić information content (AvgIpc) is 2.68. The first-order chi connectivity index (χ1) is 6.90. The molecule has 72 valence electrons. The molecule has 0 aliphatic rings. The van der Waals surface area contributed by atoms with Gasteiger partial charge in [0.05, 0.1) is 0 Å². The lowest BCUT2D eigenvalue weighted by atomic mass is 10.2. The summed E-state index contributed by atoms with van der Waals surface area (Å²) in [5.41, 5.74) is 1.80. The summed E-state index contributed by atoms with van der Waals surface area (Å²) in [5, 5.41) is 3.92. The highest BCUT2D eigenvalue weighted by Crippen LogP contribution is 2.17. The molecule has 4 heteroatoms. The molecule has 0 aliphatic heterocycles. The number of methoxy groups -OCH3 is 1. The van der Waals surface area contributed by atoms with Crippen LogP contribution in [0.15, 0.2) is 35.1 Å². The second-order valence-electron chi connectivity index (χ2n) is 2.85. The second-order valence-corrected chi connectivity index (χ2v) is 2.85. The Bertz CT molecular complexity index is 398. The van der Waals surface area contributed by atoms with Gasteiger partial charge in [-0.25, -0.2) is 0 Å². The van der Waals surface area contributed by atoms with E-state index in [2.05, 4.69) is 10.1 Å². The number of pyridine rings is 1. The van der Waals surface area contributed by atoms with Crippen LogP contribution < -0.4 is 0 Å². The Morgan fingerprint density at radius 3 is 2.86 bits per heavy atom. The molecule has 0 radical (unpaired) electrons. The molecule has 0 amide bonds. The Morgan fingerprint density at radius 2 is 2.14 bits per heavy atom. The van der Waals surface area contributed by atoms with Crippen LogP contribution in [0, 0.1) is 0 Å². The highest BCUT2D eigenvalue weighted by atomic mass is 16.5. The van der Waals surface area contributed by atoms with Gasteiger partial charge in [0.1, 0.15) is 12.3 Å². The minimum absolute atomic E-state index is 0.443. The number of aromatic nitrogens is 2. The van der Waals surface area contributed by atoms with E-state index in [1.165, 1.54) is 0 Å². The lowest BCUT2D eigenvalue weighted by Gasteiger charge is -1.91. The maximum atomic E-state index is 5.06. The molecule has 0 aromatic carbocycles. The van der Waals surface area contributed by atoms with Crippen molar-refractivity contribution in [3.8, 4) is 11.3 Å². The van der Waals surface area contributed by atoms with E-state index in [1.54, 1.807) is 19.5 Å². The zero-order valence-electron chi connectivity index (χ0n) is 7.80. The first-order valence-electron chi connectivity index (χ1n) is 4.25. The van der Waals surface area contributed by atoms with Gasteiger partial charge in [-0.1, -0.05) is 5.16 Å². The first-order valence-corrected chi connectivity index (χ1v) is 4.25. The first kappa shape index (κ1) is 8.90. The third kappa shape index (κ3) is 1.80. The summed E-state index contributed by atoms with van der Waals surface area (Å²) in [6.07, 6.45) is 3.44. The number of nitrogens with zero attached hydrogens (tertiary/aromatic N) is 2. The van der Waals surface area contributed by atoms with Crippen molar-refractivity contribution in [2.75, 3.05) is 7.11 Å². The van der Waals surface area contributed by atoms with Crippen LogP contribution >= 0.6 is 0 Å². The predicted molar refractivity (Wildman–Crippen MR) is 50.4 cm³/mol. The van der Waals surface area contributed by atoms with Gasteiger partial charge in [-0.15, -0.1) is 0 Å². The smallest absolute Gasteiger partial charge is 0.162 e. The van der Waals surface area contributed by atoms with Gasteiger partial charge in [-0.2, -0.15) is 0 Å². The maximum absolute atomic E-state index is 5.06. The molecule has 2 aromatic rings. The molecule has 0 saturated heterocycles. The highest BCUT2D eigenvalue weighted by Gasteiger charge is 2.04. The van der Waals surface area contributed by atoms with Gasteiger partial charge in [0.2, 0.25) is 0 Å². The molecule has 4 nitrogen and oxygen atoms in total. The van der Waals surface area contributed by atoms with Crippen LogP contribution in [0.4, 0.5) is 0 Å². The second kappa shape index (κ2) is 4.02. The minimum Gasteiger partial charge on any atom is -0.377 e. The Balaban J connectivity index is 2.25. The zero-order chi connectivity index (χ0) is 9.80. The fraction of sp³-hybridized carbons (Fsp3) is 0.200. The van der Waals surface area contributed by atoms with Crippen LogP contribution in [-0.4, -0.2) is 17.3 Å². The van der Waals surface area contributed by atoms with Crippen molar-refractivity contribution in [3.05, 3.63) is 36.4 Å². The van der Waals surface area contributed by atoms with E-state index in [9.17, 15) is 0 Å². The normalized spacial score (nSPS) is 10.4. The van der Waals surface area contributed by atoms with Crippen LogP contribution in [0.1, 0.15) is 5.76 Å². The summed E-state index contributed by atoms with van der Waals surface area (Å²) < 4.78 is 10.00.